The maximum atomic E-state index is 12.1. The van der Waals surface area contributed by atoms with Gasteiger partial charge in [-0.25, -0.2) is 9.59 Å². The number of carbonyl (C=O) groups excluding carboxylic acids is 1. The van der Waals surface area contributed by atoms with Gasteiger partial charge in [-0.2, -0.15) is 0 Å². The fourth-order valence-corrected chi connectivity index (χ4v) is 3.31. The number of fused-ring (bicyclic) bond motifs is 1. The molecule has 0 radical (unpaired) electrons. The van der Waals surface area contributed by atoms with E-state index in [0.29, 0.717) is 4.70 Å². The highest BCUT2D eigenvalue weighted by Gasteiger charge is 2.22. The van der Waals surface area contributed by atoms with Gasteiger partial charge in [0.15, 0.2) is 0 Å². The largest absolute Gasteiger partial charge is 0.477 e. The summed E-state index contributed by atoms with van der Waals surface area (Å²) in [5, 5.41) is 23.0. The number of anilines is 1. The Balaban J connectivity index is 1.88. The number of amides is 1. The van der Waals surface area contributed by atoms with E-state index < -0.39 is 17.0 Å². The van der Waals surface area contributed by atoms with E-state index in [9.17, 15) is 24.8 Å². The summed E-state index contributed by atoms with van der Waals surface area (Å²) in [6, 6.07) is 12.9. The summed E-state index contributed by atoms with van der Waals surface area (Å²) < 4.78 is 5.60. The van der Waals surface area contributed by atoms with Gasteiger partial charge in [0, 0.05) is 22.2 Å². The van der Waals surface area contributed by atoms with Gasteiger partial charge in [-0.15, -0.1) is 11.3 Å². The lowest BCUT2D eigenvalue weighted by Crippen LogP contribution is -2.15. The molecule has 0 fully saturated rings. The van der Waals surface area contributed by atoms with Crippen molar-refractivity contribution < 1.29 is 24.4 Å². The first kappa shape index (κ1) is 17.4. The molecule has 0 aliphatic heterocycles. The molecule has 0 spiro atoms. The predicted octanol–water partition coefficient (Wildman–Crippen LogP) is 4.26. The molecule has 0 saturated carbocycles. The number of non-ortho nitro benzene ring substituents is 1. The average molecular weight is 372 g/mol. The molecular formula is C17H12N2O6S. The average Bonchev–Trinajstić information content (AvgIpc) is 2.99. The summed E-state index contributed by atoms with van der Waals surface area (Å²) in [5.41, 5.74) is 0.555. The van der Waals surface area contributed by atoms with Gasteiger partial charge in [-0.05, 0) is 11.6 Å². The Bertz CT molecular complexity index is 999. The number of carbonyl (C=O) groups is 2. The number of nitro groups is 1. The van der Waals surface area contributed by atoms with Gasteiger partial charge >= 0.3 is 12.1 Å². The molecule has 8 nitrogen and oxygen atoms in total. The Morgan fingerprint density at radius 3 is 2.58 bits per heavy atom. The van der Waals surface area contributed by atoms with E-state index in [1.165, 1.54) is 18.2 Å². The fourth-order valence-electron chi connectivity index (χ4n) is 2.34. The molecule has 132 valence electrons. The van der Waals surface area contributed by atoms with E-state index in [0.717, 1.165) is 16.9 Å². The van der Waals surface area contributed by atoms with Crippen molar-refractivity contribution in [3.05, 3.63) is 69.1 Å². The van der Waals surface area contributed by atoms with Crippen molar-refractivity contribution in [2.24, 2.45) is 0 Å². The molecule has 0 bridgehead atoms. The molecule has 0 atom stereocenters. The molecule has 9 heteroatoms. The van der Waals surface area contributed by atoms with Crippen LogP contribution in [0.15, 0.2) is 48.5 Å². The van der Waals surface area contributed by atoms with Crippen LogP contribution in [0.2, 0.25) is 0 Å². The smallest absolute Gasteiger partial charge is 0.412 e. The van der Waals surface area contributed by atoms with Crippen LogP contribution in [0.4, 0.5) is 16.2 Å². The number of nitrogens with zero attached hydrogens (tertiary/aromatic N) is 1. The molecule has 2 aromatic carbocycles. The maximum absolute atomic E-state index is 12.1. The number of nitro benzene ring substituents is 1. The minimum Gasteiger partial charge on any atom is -0.477 e. The van der Waals surface area contributed by atoms with Crippen molar-refractivity contribution >= 4 is 44.9 Å². The zero-order valence-electron chi connectivity index (χ0n) is 13.2. The van der Waals surface area contributed by atoms with Gasteiger partial charge < -0.3 is 9.84 Å². The summed E-state index contributed by atoms with van der Waals surface area (Å²) in [4.78, 5) is 33.8. The van der Waals surface area contributed by atoms with Crippen LogP contribution in [0, 0.1) is 10.1 Å². The van der Waals surface area contributed by atoms with Crippen LogP contribution >= 0.6 is 11.3 Å². The van der Waals surface area contributed by atoms with E-state index in [4.69, 9.17) is 4.74 Å². The number of carboxylic acid groups (broad SMARTS) is 1. The third-order valence-electron chi connectivity index (χ3n) is 3.52. The number of hydrogen-bond acceptors (Lipinski definition) is 6. The predicted molar refractivity (Wildman–Crippen MR) is 95.7 cm³/mol. The quantitative estimate of drug-likeness (QED) is 0.510. The normalized spacial score (nSPS) is 10.5. The lowest BCUT2D eigenvalue weighted by Gasteiger charge is -2.07. The van der Waals surface area contributed by atoms with Gasteiger partial charge in [0.2, 0.25) is 0 Å². The van der Waals surface area contributed by atoms with Crippen molar-refractivity contribution in [3.63, 3.8) is 0 Å². The SMILES string of the molecule is O=C(Nc1c(C(=O)O)sc2ccc([N+](=O)[O-])cc12)OCc1ccccc1. The van der Waals surface area contributed by atoms with Crippen molar-refractivity contribution in [1.29, 1.82) is 0 Å². The summed E-state index contributed by atoms with van der Waals surface area (Å²) in [7, 11) is 0. The number of ether oxygens (including phenoxy) is 1. The standard InChI is InChI=1S/C17H12N2O6S/c20-16(21)15-14(12-8-11(19(23)24)6-7-13(12)26-15)18-17(22)25-9-10-4-2-1-3-5-10/h1-8H,9H2,(H,18,22)(H,20,21). The third kappa shape index (κ3) is 3.62. The number of nitrogens with one attached hydrogen (secondary N) is 1. The lowest BCUT2D eigenvalue weighted by molar-refractivity contribution is -0.384. The molecular weight excluding hydrogens is 360 g/mol. The molecule has 3 aromatic rings. The van der Waals surface area contributed by atoms with E-state index in [-0.39, 0.29) is 28.2 Å². The number of benzene rings is 2. The monoisotopic (exact) mass is 372 g/mol. The first-order chi connectivity index (χ1) is 12.5. The zero-order chi connectivity index (χ0) is 18.7. The highest BCUT2D eigenvalue weighted by molar-refractivity contribution is 7.21. The third-order valence-corrected chi connectivity index (χ3v) is 4.68. The van der Waals surface area contributed by atoms with Gasteiger partial charge in [0.1, 0.15) is 11.5 Å². The molecule has 0 saturated heterocycles. The van der Waals surface area contributed by atoms with Crippen LogP contribution in [0.25, 0.3) is 10.1 Å². The minimum atomic E-state index is -1.24. The molecule has 1 amide bonds. The summed E-state index contributed by atoms with van der Waals surface area (Å²) in [5.74, 6) is -1.24. The Morgan fingerprint density at radius 2 is 1.92 bits per heavy atom. The minimum absolute atomic E-state index is 0.0112. The Labute approximate surface area is 150 Å². The van der Waals surface area contributed by atoms with Crippen molar-refractivity contribution in [2.75, 3.05) is 5.32 Å². The Kier molecular flexibility index (Phi) is 4.81. The van der Waals surface area contributed by atoms with Crippen molar-refractivity contribution in [3.8, 4) is 0 Å². The second kappa shape index (κ2) is 7.19. The van der Waals surface area contributed by atoms with E-state index >= 15 is 0 Å². The number of aromatic carboxylic acids is 1. The van der Waals surface area contributed by atoms with Gasteiger partial charge in [0.05, 0.1) is 10.6 Å². The number of thiophene rings is 1. The number of carboxylic acids is 1. The summed E-state index contributed by atoms with van der Waals surface area (Å²) in [6.45, 7) is 0.0112. The molecule has 1 heterocycles. The Morgan fingerprint density at radius 1 is 1.19 bits per heavy atom. The molecule has 0 aliphatic rings. The molecule has 3 rings (SSSR count). The Hall–Kier alpha value is -3.46. The highest BCUT2D eigenvalue weighted by Crippen LogP contribution is 2.38. The van der Waals surface area contributed by atoms with E-state index in [1.54, 1.807) is 24.3 Å². The zero-order valence-corrected chi connectivity index (χ0v) is 14.0. The molecule has 26 heavy (non-hydrogen) atoms. The first-order valence-corrected chi connectivity index (χ1v) is 8.19. The van der Waals surface area contributed by atoms with Crippen LogP contribution in [-0.2, 0) is 11.3 Å². The molecule has 0 unspecified atom stereocenters. The van der Waals surface area contributed by atoms with Crippen LogP contribution in [0.3, 0.4) is 0 Å². The first-order valence-electron chi connectivity index (χ1n) is 7.37. The van der Waals surface area contributed by atoms with E-state index in [2.05, 4.69) is 5.32 Å². The van der Waals surface area contributed by atoms with Crippen LogP contribution in [0.1, 0.15) is 15.2 Å². The summed E-state index contributed by atoms with van der Waals surface area (Å²) in [6.07, 6.45) is -0.845. The molecule has 1 aromatic heterocycles. The van der Waals surface area contributed by atoms with Crippen molar-refractivity contribution in [1.82, 2.24) is 0 Å². The van der Waals surface area contributed by atoms with Gasteiger partial charge in [-0.1, -0.05) is 30.3 Å². The number of rotatable bonds is 5. The number of hydrogen-bond donors (Lipinski definition) is 2. The molecule has 2 N–H and O–H groups in total. The topological polar surface area (TPSA) is 119 Å². The second-order valence-electron chi connectivity index (χ2n) is 5.24. The maximum Gasteiger partial charge on any atom is 0.412 e. The van der Waals surface area contributed by atoms with Crippen LogP contribution in [0.5, 0.6) is 0 Å². The summed E-state index contributed by atoms with van der Waals surface area (Å²) >= 11 is 0.916. The lowest BCUT2D eigenvalue weighted by atomic mass is 10.2. The van der Waals surface area contributed by atoms with Gasteiger partial charge in [0.25, 0.3) is 5.69 Å². The second-order valence-corrected chi connectivity index (χ2v) is 6.29. The van der Waals surface area contributed by atoms with E-state index in [1.807, 2.05) is 6.07 Å². The van der Waals surface area contributed by atoms with Crippen molar-refractivity contribution in [2.45, 2.75) is 6.61 Å². The van der Waals surface area contributed by atoms with Crippen LogP contribution in [-0.4, -0.2) is 22.1 Å². The van der Waals surface area contributed by atoms with Crippen LogP contribution < -0.4 is 5.32 Å². The van der Waals surface area contributed by atoms with Gasteiger partial charge in [-0.3, -0.25) is 15.4 Å². The highest BCUT2D eigenvalue weighted by atomic mass is 32.1. The fraction of sp³-hybridized carbons (Fsp3) is 0.0588. The molecule has 0 aliphatic carbocycles.